The summed E-state index contributed by atoms with van der Waals surface area (Å²) in [6.45, 7) is 0.469. The molecule has 3 nitrogen and oxygen atoms in total. The molecule has 21 heavy (non-hydrogen) atoms. The molecule has 0 atom stereocenters. The van der Waals surface area contributed by atoms with E-state index in [0.717, 1.165) is 5.56 Å². The molecular formula is C17H13ClO3. The first-order chi connectivity index (χ1) is 10.3. The van der Waals surface area contributed by atoms with Crippen LogP contribution in [-0.2, 0) is 12.5 Å². The number of hydrogen-bond acceptors (Lipinski definition) is 3. The Bertz CT molecular complexity index is 809. The molecule has 0 spiro atoms. The van der Waals surface area contributed by atoms with E-state index in [1.807, 2.05) is 30.3 Å². The van der Waals surface area contributed by atoms with E-state index >= 15 is 0 Å². The Balaban J connectivity index is 1.86. The smallest absolute Gasteiger partial charge is 0.197 e. The van der Waals surface area contributed by atoms with Crippen molar-refractivity contribution in [3.63, 3.8) is 0 Å². The molecule has 0 unspecified atom stereocenters. The Labute approximate surface area is 126 Å². The second kappa shape index (κ2) is 6.02. The van der Waals surface area contributed by atoms with Crippen LogP contribution in [0.15, 0.2) is 64.0 Å². The lowest BCUT2D eigenvalue weighted by molar-refractivity contribution is 0.306. The van der Waals surface area contributed by atoms with E-state index in [1.165, 1.54) is 6.26 Å². The summed E-state index contributed by atoms with van der Waals surface area (Å²) in [4.78, 5) is 12.1. The zero-order valence-corrected chi connectivity index (χ0v) is 12.0. The normalized spacial score (nSPS) is 10.7. The van der Waals surface area contributed by atoms with Crippen molar-refractivity contribution >= 4 is 22.6 Å². The molecule has 1 heterocycles. The molecule has 3 rings (SSSR count). The molecule has 0 N–H and O–H groups in total. The van der Waals surface area contributed by atoms with Crippen molar-refractivity contribution in [2.75, 3.05) is 0 Å². The molecule has 4 heteroatoms. The molecule has 0 saturated carbocycles. The van der Waals surface area contributed by atoms with E-state index in [2.05, 4.69) is 0 Å². The van der Waals surface area contributed by atoms with Gasteiger partial charge in [0.15, 0.2) is 5.43 Å². The molecule has 106 valence electrons. The summed E-state index contributed by atoms with van der Waals surface area (Å²) in [5.74, 6) is 0.804. The lowest BCUT2D eigenvalue weighted by Crippen LogP contribution is -2.06. The highest BCUT2D eigenvalue weighted by Gasteiger charge is 2.07. The maximum Gasteiger partial charge on any atom is 0.197 e. The molecule has 0 saturated heterocycles. The van der Waals surface area contributed by atoms with Crippen molar-refractivity contribution in [1.29, 1.82) is 0 Å². The summed E-state index contributed by atoms with van der Waals surface area (Å²) in [6, 6.07) is 15.1. The largest absolute Gasteiger partial charge is 0.489 e. The van der Waals surface area contributed by atoms with Crippen LogP contribution in [0.3, 0.4) is 0 Å². The molecule has 0 aliphatic heterocycles. The fourth-order valence-corrected chi connectivity index (χ4v) is 2.26. The number of fused-ring (bicyclic) bond motifs is 1. The maximum absolute atomic E-state index is 12.1. The van der Waals surface area contributed by atoms with Gasteiger partial charge in [0.1, 0.15) is 17.9 Å². The Hall–Kier alpha value is -2.26. The standard InChI is InChI=1S/C17H13ClO3/c18-9-13-11-21-16-8-14(6-7-15(16)17(13)19)20-10-12-4-2-1-3-5-12/h1-8,11H,9-10H2. The third kappa shape index (κ3) is 2.93. The number of hydrogen-bond donors (Lipinski definition) is 0. The van der Waals surface area contributed by atoms with E-state index in [1.54, 1.807) is 18.2 Å². The first-order valence-electron chi connectivity index (χ1n) is 6.55. The molecular weight excluding hydrogens is 288 g/mol. The summed E-state index contributed by atoms with van der Waals surface area (Å²) in [6.07, 6.45) is 1.40. The van der Waals surface area contributed by atoms with Gasteiger partial charge in [-0.15, -0.1) is 11.6 Å². The van der Waals surface area contributed by atoms with Crippen LogP contribution in [0.2, 0.25) is 0 Å². The second-order valence-electron chi connectivity index (χ2n) is 4.66. The van der Waals surface area contributed by atoms with Crippen LogP contribution in [0.4, 0.5) is 0 Å². The Kier molecular flexibility index (Phi) is 3.93. The van der Waals surface area contributed by atoms with Crippen molar-refractivity contribution in [1.82, 2.24) is 0 Å². The van der Waals surface area contributed by atoms with Crippen LogP contribution >= 0.6 is 11.6 Å². The summed E-state index contributed by atoms with van der Waals surface area (Å²) < 4.78 is 11.2. The fourth-order valence-electron chi connectivity index (χ4n) is 2.07. The number of rotatable bonds is 4. The van der Waals surface area contributed by atoms with Crippen molar-refractivity contribution in [2.24, 2.45) is 0 Å². The first kappa shape index (κ1) is 13.7. The summed E-state index contributed by atoms with van der Waals surface area (Å²) in [5.41, 5.74) is 1.94. The summed E-state index contributed by atoms with van der Waals surface area (Å²) in [7, 11) is 0. The highest BCUT2D eigenvalue weighted by atomic mass is 35.5. The van der Waals surface area contributed by atoms with E-state index in [0.29, 0.717) is 28.9 Å². The van der Waals surface area contributed by atoms with Crippen molar-refractivity contribution in [2.45, 2.75) is 12.5 Å². The van der Waals surface area contributed by atoms with Crippen molar-refractivity contribution in [3.05, 3.63) is 76.1 Å². The number of alkyl halides is 1. The second-order valence-corrected chi connectivity index (χ2v) is 4.92. The van der Waals surface area contributed by atoms with E-state index in [-0.39, 0.29) is 11.3 Å². The van der Waals surface area contributed by atoms with Crippen LogP contribution in [0.5, 0.6) is 5.75 Å². The van der Waals surface area contributed by atoms with Gasteiger partial charge in [0.2, 0.25) is 0 Å². The van der Waals surface area contributed by atoms with Crippen LogP contribution in [0, 0.1) is 0 Å². The summed E-state index contributed by atoms with van der Waals surface area (Å²) in [5, 5.41) is 0.514. The van der Waals surface area contributed by atoms with Gasteiger partial charge < -0.3 is 9.15 Å². The van der Waals surface area contributed by atoms with Gasteiger partial charge in [-0.2, -0.15) is 0 Å². The van der Waals surface area contributed by atoms with Crippen molar-refractivity contribution < 1.29 is 9.15 Å². The van der Waals surface area contributed by atoms with Gasteiger partial charge >= 0.3 is 0 Å². The lowest BCUT2D eigenvalue weighted by atomic mass is 10.2. The highest BCUT2D eigenvalue weighted by Crippen LogP contribution is 2.20. The molecule has 0 aliphatic rings. The molecule has 0 radical (unpaired) electrons. The van der Waals surface area contributed by atoms with E-state index in [4.69, 9.17) is 20.8 Å². The zero-order chi connectivity index (χ0) is 14.7. The van der Waals surface area contributed by atoms with Crippen molar-refractivity contribution in [3.8, 4) is 5.75 Å². The predicted octanol–water partition coefficient (Wildman–Crippen LogP) is 4.11. The Morgan fingerprint density at radius 1 is 1.10 bits per heavy atom. The van der Waals surface area contributed by atoms with Crippen LogP contribution in [-0.4, -0.2) is 0 Å². The van der Waals surface area contributed by atoms with E-state index in [9.17, 15) is 4.79 Å². The topological polar surface area (TPSA) is 39.4 Å². The molecule has 0 bridgehead atoms. The zero-order valence-electron chi connectivity index (χ0n) is 11.2. The summed E-state index contributed by atoms with van der Waals surface area (Å²) >= 11 is 5.70. The third-order valence-electron chi connectivity index (χ3n) is 3.21. The lowest BCUT2D eigenvalue weighted by Gasteiger charge is -2.07. The highest BCUT2D eigenvalue weighted by molar-refractivity contribution is 6.17. The predicted molar refractivity (Wildman–Crippen MR) is 82.8 cm³/mol. The van der Waals surface area contributed by atoms with Gasteiger partial charge in [-0.25, -0.2) is 0 Å². The van der Waals surface area contributed by atoms with Gasteiger partial charge in [-0.05, 0) is 17.7 Å². The van der Waals surface area contributed by atoms with Gasteiger partial charge in [0.05, 0.1) is 23.1 Å². The quantitative estimate of drug-likeness (QED) is 0.681. The molecule has 1 aromatic heterocycles. The minimum absolute atomic E-state index is 0.0964. The van der Waals surface area contributed by atoms with Gasteiger partial charge in [-0.1, -0.05) is 30.3 Å². The van der Waals surface area contributed by atoms with E-state index < -0.39 is 0 Å². The van der Waals surface area contributed by atoms with Gasteiger partial charge in [0, 0.05) is 6.07 Å². The molecule has 0 amide bonds. The fraction of sp³-hybridized carbons (Fsp3) is 0.118. The molecule has 0 aliphatic carbocycles. The van der Waals surface area contributed by atoms with Gasteiger partial charge in [-0.3, -0.25) is 4.79 Å². The minimum Gasteiger partial charge on any atom is -0.489 e. The number of benzene rings is 2. The Morgan fingerprint density at radius 3 is 2.67 bits per heavy atom. The SMILES string of the molecule is O=c1c(CCl)coc2cc(OCc3ccccc3)ccc12. The molecule has 0 fully saturated rings. The average molecular weight is 301 g/mol. The third-order valence-corrected chi connectivity index (χ3v) is 3.50. The maximum atomic E-state index is 12.1. The van der Waals surface area contributed by atoms with Crippen LogP contribution in [0.1, 0.15) is 11.1 Å². The molecule has 2 aromatic carbocycles. The average Bonchev–Trinajstić information content (AvgIpc) is 2.54. The van der Waals surface area contributed by atoms with Crippen LogP contribution in [0.25, 0.3) is 11.0 Å². The Morgan fingerprint density at radius 2 is 1.90 bits per heavy atom. The first-order valence-corrected chi connectivity index (χ1v) is 7.08. The number of ether oxygens (including phenoxy) is 1. The number of halogens is 1. The van der Waals surface area contributed by atoms with Gasteiger partial charge in [0.25, 0.3) is 0 Å². The van der Waals surface area contributed by atoms with Crippen LogP contribution < -0.4 is 10.2 Å². The minimum atomic E-state index is -0.0964. The molecule has 3 aromatic rings. The monoisotopic (exact) mass is 300 g/mol.